The number of rotatable bonds is 5. The highest BCUT2D eigenvalue weighted by Gasteiger charge is 2.47. The summed E-state index contributed by atoms with van der Waals surface area (Å²) in [5, 5.41) is 0.0154. The lowest BCUT2D eigenvalue weighted by Crippen LogP contribution is -2.52. The van der Waals surface area contributed by atoms with Crippen LogP contribution in [0.4, 0.5) is 5.69 Å². The Morgan fingerprint density at radius 1 is 1.04 bits per heavy atom. The molecule has 6 atom stereocenters. The topological polar surface area (TPSA) is 107 Å². The third-order valence-corrected chi connectivity index (χ3v) is 15.2. The number of benzene rings is 2. The average Bonchev–Trinajstić information content (AvgIpc) is 3.27. The number of amides is 1. The summed E-state index contributed by atoms with van der Waals surface area (Å²) in [7, 11) is -0.112. The fraction of sp³-hybridized carbons (Fsp3) is 0.675. The van der Waals surface area contributed by atoms with Crippen molar-refractivity contribution in [3.63, 3.8) is 0 Å². The van der Waals surface area contributed by atoms with Crippen LogP contribution in [-0.2, 0) is 36.1 Å². The molecular formula is C40H56ClN3O7S. The molecule has 3 heterocycles. The molecule has 0 aromatic heterocycles. The van der Waals surface area contributed by atoms with Gasteiger partial charge in [-0.3, -0.25) is 9.69 Å². The van der Waals surface area contributed by atoms with Gasteiger partial charge in [0.05, 0.1) is 43.4 Å². The van der Waals surface area contributed by atoms with Gasteiger partial charge < -0.3 is 23.8 Å². The van der Waals surface area contributed by atoms with Crippen LogP contribution in [0.2, 0.25) is 5.02 Å². The number of fused-ring (bicyclic) bond motifs is 4. The van der Waals surface area contributed by atoms with Gasteiger partial charge in [0.2, 0.25) is 10.0 Å². The number of nitrogens with one attached hydrogen (secondary N) is 1. The molecule has 2 fully saturated rings. The summed E-state index contributed by atoms with van der Waals surface area (Å²) in [6.07, 6.45) is 7.38. The maximum absolute atomic E-state index is 13.6. The van der Waals surface area contributed by atoms with E-state index in [1.807, 2.05) is 25.1 Å². The van der Waals surface area contributed by atoms with Crippen LogP contribution in [0, 0.1) is 23.7 Å². The van der Waals surface area contributed by atoms with E-state index in [0.29, 0.717) is 43.8 Å². The van der Waals surface area contributed by atoms with Gasteiger partial charge in [-0.15, -0.1) is 0 Å². The van der Waals surface area contributed by atoms with Crippen molar-refractivity contribution in [1.29, 1.82) is 0 Å². The fourth-order valence-corrected chi connectivity index (χ4v) is 10.9. The lowest BCUT2D eigenvalue weighted by molar-refractivity contribution is -0.242. The molecule has 10 nitrogen and oxygen atoms in total. The van der Waals surface area contributed by atoms with Gasteiger partial charge in [-0.05, 0) is 118 Å². The molecular weight excluding hydrogens is 702 g/mol. The zero-order chi connectivity index (χ0) is 36.6. The molecule has 1 N–H and O–H groups in total. The van der Waals surface area contributed by atoms with E-state index < -0.39 is 21.2 Å². The second kappa shape index (κ2) is 15.7. The van der Waals surface area contributed by atoms with Crippen molar-refractivity contribution < 1.29 is 32.2 Å². The predicted molar refractivity (Wildman–Crippen MR) is 203 cm³/mol. The molecule has 5 aliphatic rings. The second-order valence-corrected chi connectivity index (χ2v) is 18.7. The zero-order valence-corrected chi connectivity index (χ0v) is 32.7. The number of ether oxygens (including phenoxy) is 4. The number of aryl methyl sites for hydroxylation is 1. The molecule has 2 bridgehead atoms. The van der Waals surface area contributed by atoms with E-state index in [9.17, 15) is 13.2 Å². The number of methoxy groups -OCH3 is 1. The highest BCUT2D eigenvalue weighted by atomic mass is 35.5. The minimum atomic E-state index is -3.92. The van der Waals surface area contributed by atoms with E-state index in [2.05, 4.69) is 33.7 Å². The monoisotopic (exact) mass is 757 g/mol. The molecule has 7 rings (SSSR count). The Morgan fingerprint density at radius 2 is 1.85 bits per heavy atom. The van der Waals surface area contributed by atoms with Crippen molar-refractivity contribution in [3.05, 3.63) is 58.1 Å². The molecule has 2 aromatic carbocycles. The summed E-state index contributed by atoms with van der Waals surface area (Å²) in [6.45, 7) is 8.40. The van der Waals surface area contributed by atoms with Gasteiger partial charge in [0, 0.05) is 48.7 Å². The number of hydrogen-bond acceptors (Lipinski definition) is 9. The van der Waals surface area contributed by atoms with Gasteiger partial charge in [0.25, 0.3) is 5.91 Å². The van der Waals surface area contributed by atoms with Gasteiger partial charge in [-0.2, -0.15) is 0 Å². The van der Waals surface area contributed by atoms with E-state index in [4.69, 9.17) is 30.5 Å². The van der Waals surface area contributed by atoms with E-state index in [1.54, 1.807) is 20.1 Å². The van der Waals surface area contributed by atoms with Crippen molar-refractivity contribution in [2.45, 2.75) is 88.2 Å². The van der Waals surface area contributed by atoms with Crippen molar-refractivity contribution >= 4 is 33.2 Å². The Bertz CT molecular complexity index is 1700. The number of anilines is 1. The lowest BCUT2D eigenvalue weighted by atomic mass is 9.64. The van der Waals surface area contributed by atoms with Crippen molar-refractivity contribution in [2.75, 3.05) is 65.1 Å². The third-order valence-electron chi connectivity index (χ3n) is 13.0. The van der Waals surface area contributed by atoms with Crippen molar-refractivity contribution in [1.82, 2.24) is 9.62 Å². The van der Waals surface area contributed by atoms with Crippen LogP contribution in [0.5, 0.6) is 5.75 Å². The summed E-state index contributed by atoms with van der Waals surface area (Å²) in [6, 6.07) is 11.8. The number of likely N-dealkylation sites (N-methyl/N-ethyl adjacent to an activating group) is 1. The van der Waals surface area contributed by atoms with E-state index in [-0.39, 0.29) is 29.6 Å². The highest BCUT2D eigenvalue weighted by Crippen LogP contribution is 2.49. The number of carbonyl (C=O) groups is 1. The summed E-state index contributed by atoms with van der Waals surface area (Å²) < 4.78 is 54.6. The molecule has 2 aromatic rings. The van der Waals surface area contributed by atoms with Gasteiger partial charge in [0.15, 0.2) is 6.29 Å². The molecule has 3 aliphatic heterocycles. The molecule has 1 saturated carbocycles. The van der Waals surface area contributed by atoms with Crippen LogP contribution < -0.4 is 14.4 Å². The highest BCUT2D eigenvalue weighted by molar-refractivity contribution is 7.90. The number of sulfonamides is 1. The van der Waals surface area contributed by atoms with E-state index >= 15 is 0 Å². The first kappa shape index (κ1) is 37.9. The van der Waals surface area contributed by atoms with Crippen LogP contribution >= 0.6 is 11.6 Å². The largest absolute Gasteiger partial charge is 0.490 e. The first-order valence-corrected chi connectivity index (χ1v) is 21.2. The molecule has 52 heavy (non-hydrogen) atoms. The molecule has 1 saturated heterocycles. The molecule has 1 amide bonds. The normalized spacial score (nSPS) is 33.6. The first-order chi connectivity index (χ1) is 25.0. The van der Waals surface area contributed by atoms with Crippen LogP contribution in [0.15, 0.2) is 36.4 Å². The molecule has 12 heteroatoms. The number of nitrogens with zero attached hydrogens (tertiary/aromatic N) is 2. The quantitative estimate of drug-likeness (QED) is 0.391. The zero-order valence-electron chi connectivity index (χ0n) is 31.2. The summed E-state index contributed by atoms with van der Waals surface area (Å²) in [5.74, 6) is 0.961. The lowest BCUT2D eigenvalue weighted by Gasteiger charge is -2.49. The molecule has 0 radical (unpaired) electrons. The van der Waals surface area contributed by atoms with Crippen LogP contribution in [-0.4, -0.2) is 97.0 Å². The van der Waals surface area contributed by atoms with E-state index in [1.165, 1.54) is 11.1 Å². The molecule has 286 valence electrons. The van der Waals surface area contributed by atoms with Crippen LogP contribution in [0.1, 0.15) is 80.3 Å². The molecule has 2 aliphatic carbocycles. The summed E-state index contributed by atoms with van der Waals surface area (Å²) >= 11 is 6.49. The fourth-order valence-electron chi connectivity index (χ4n) is 9.40. The Labute approximate surface area is 314 Å². The second-order valence-electron chi connectivity index (χ2n) is 16.2. The Balaban J connectivity index is 1.23. The first-order valence-electron chi connectivity index (χ1n) is 19.3. The standard InChI is InChI=1S/C40H56ClN3O7S/c1-26-7-5-9-34(39-49-22-32(23-50-39)43(3)17-18-48-4)33-13-10-30(33)21-44-24-40(16-6-8-28-19-31(41)12-14-35(28)40)25-51-37-15-11-29(20-36(37)44)38(45)42-52(46,47)27(26)2/h11-12,14-15,19-20,26-27,30,32-34,39H,5-10,13,16-18,21-25H2,1-4H3,(H,42,45)/t26-,27+,30-,32?,33+,34-,39?,40-/m0/s1. The Morgan fingerprint density at radius 3 is 2.60 bits per heavy atom. The van der Waals surface area contributed by atoms with Gasteiger partial charge in [-0.25, -0.2) is 13.1 Å². The van der Waals surface area contributed by atoms with E-state index in [0.717, 1.165) is 87.5 Å². The van der Waals surface area contributed by atoms with Crippen molar-refractivity contribution in [2.24, 2.45) is 23.7 Å². The minimum absolute atomic E-state index is 0.136. The summed E-state index contributed by atoms with van der Waals surface area (Å²) in [5.41, 5.74) is 3.45. The smallest absolute Gasteiger partial charge is 0.264 e. The summed E-state index contributed by atoms with van der Waals surface area (Å²) in [4.78, 5) is 18.3. The number of halogens is 1. The van der Waals surface area contributed by atoms with Gasteiger partial charge in [-0.1, -0.05) is 31.0 Å². The SMILES string of the molecule is COCCN(C)C1COC([C@H]2CCC[C@H](C)[C@@H](C)S(=O)(=O)NC(=O)c3ccc4c(c3)N(C[C@@H]3CC[C@H]32)C[C@@]2(CCCc3cc(Cl)ccc32)CO4)OC1. The molecule has 0 unspecified atom stereocenters. The van der Waals surface area contributed by atoms with Gasteiger partial charge >= 0.3 is 0 Å². The average molecular weight is 758 g/mol. The Kier molecular flexibility index (Phi) is 11.5. The maximum atomic E-state index is 13.6. The number of carbonyl (C=O) groups excluding carboxylic acids is 1. The number of hydrogen-bond donors (Lipinski definition) is 1. The predicted octanol–water partition coefficient (Wildman–Crippen LogP) is 6.04. The minimum Gasteiger partial charge on any atom is -0.490 e. The van der Waals surface area contributed by atoms with Crippen molar-refractivity contribution in [3.8, 4) is 5.75 Å². The molecule has 1 spiro atoms. The van der Waals surface area contributed by atoms with Crippen LogP contribution in [0.25, 0.3) is 0 Å². The van der Waals surface area contributed by atoms with Gasteiger partial charge in [0.1, 0.15) is 5.75 Å². The third kappa shape index (κ3) is 7.73. The van der Waals surface area contributed by atoms with Crippen LogP contribution in [0.3, 0.4) is 0 Å². The maximum Gasteiger partial charge on any atom is 0.264 e. The Hall–Kier alpha value is -2.41.